The number of ketones is 1. The molecule has 31 heavy (non-hydrogen) atoms. The van der Waals surface area contributed by atoms with Crippen LogP contribution >= 0.6 is 0 Å². The van der Waals surface area contributed by atoms with E-state index in [2.05, 4.69) is 34.4 Å². The Labute approximate surface area is 182 Å². The Morgan fingerprint density at radius 1 is 1.10 bits per heavy atom. The molecule has 6 heteroatoms. The van der Waals surface area contributed by atoms with Crippen LogP contribution in [0.2, 0.25) is 0 Å². The first kappa shape index (κ1) is 20.8. The summed E-state index contributed by atoms with van der Waals surface area (Å²) in [7, 11) is 0. The van der Waals surface area contributed by atoms with Crippen molar-refractivity contribution in [2.24, 2.45) is 11.3 Å². The highest BCUT2D eigenvalue weighted by atomic mass is 16.1. The summed E-state index contributed by atoms with van der Waals surface area (Å²) >= 11 is 0. The van der Waals surface area contributed by atoms with Gasteiger partial charge in [0.25, 0.3) is 0 Å². The van der Waals surface area contributed by atoms with E-state index in [4.69, 9.17) is 0 Å². The second-order valence-electron chi connectivity index (χ2n) is 9.26. The number of rotatable bonds is 5. The topological polar surface area (TPSA) is 86.9 Å². The third-order valence-corrected chi connectivity index (χ3v) is 5.54. The molecule has 1 aromatic carbocycles. The summed E-state index contributed by atoms with van der Waals surface area (Å²) in [4.78, 5) is 32.8. The van der Waals surface area contributed by atoms with E-state index in [0.29, 0.717) is 12.1 Å². The zero-order valence-electron chi connectivity index (χ0n) is 18.4. The van der Waals surface area contributed by atoms with Crippen molar-refractivity contribution in [3.05, 3.63) is 60.0 Å². The Morgan fingerprint density at radius 3 is 2.52 bits per heavy atom. The van der Waals surface area contributed by atoms with Gasteiger partial charge >= 0.3 is 0 Å². The number of amides is 1. The van der Waals surface area contributed by atoms with E-state index in [1.165, 1.54) is 0 Å². The van der Waals surface area contributed by atoms with Gasteiger partial charge < -0.3 is 15.6 Å². The first-order valence-corrected chi connectivity index (χ1v) is 10.6. The molecule has 2 heterocycles. The summed E-state index contributed by atoms with van der Waals surface area (Å²) in [6.07, 6.45) is 4.80. The number of H-pyrrole nitrogens is 1. The molecule has 0 unspecified atom stereocenters. The molecule has 0 bridgehead atoms. The van der Waals surface area contributed by atoms with Gasteiger partial charge in [-0.05, 0) is 42.2 Å². The smallest absolute Gasteiger partial charge is 0.226 e. The number of carbonyl (C=O) groups excluding carboxylic acids is 2. The molecule has 0 fully saturated rings. The highest BCUT2D eigenvalue weighted by Crippen LogP contribution is 2.43. The zero-order chi connectivity index (χ0) is 22.2. The molecular weight excluding hydrogens is 388 g/mol. The third kappa shape index (κ3) is 4.38. The van der Waals surface area contributed by atoms with E-state index in [1.807, 2.05) is 50.2 Å². The van der Waals surface area contributed by atoms with Crippen molar-refractivity contribution in [2.45, 2.75) is 40.5 Å². The minimum Gasteiger partial charge on any atom is -0.356 e. The summed E-state index contributed by atoms with van der Waals surface area (Å²) in [5, 5.41) is 6.38. The van der Waals surface area contributed by atoms with Crippen LogP contribution in [-0.2, 0) is 11.2 Å². The summed E-state index contributed by atoms with van der Waals surface area (Å²) in [6, 6.07) is 11.4. The second-order valence-corrected chi connectivity index (χ2v) is 9.26. The van der Waals surface area contributed by atoms with Crippen LogP contribution in [0, 0.1) is 11.3 Å². The maximum atomic E-state index is 13.1. The number of hydrogen-bond donors (Lipinski definition) is 3. The number of nitrogens with one attached hydrogen (secondary N) is 3. The van der Waals surface area contributed by atoms with Crippen molar-refractivity contribution in [1.29, 1.82) is 0 Å². The summed E-state index contributed by atoms with van der Waals surface area (Å²) in [5.74, 6) is -0.00629. The monoisotopic (exact) mass is 416 g/mol. The molecular formula is C25H28N4O2. The number of benzene rings is 1. The molecule has 0 saturated heterocycles. The number of fused-ring (bicyclic) bond motifs is 1. The van der Waals surface area contributed by atoms with Crippen LogP contribution < -0.4 is 10.6 Å². The predicted octanol–water partition coefficient (Wildman–Crippen LogP) is 5.57. The first-order valence-electron chi connectivity index (χ1n) is 10.6. The molecule has 0 spiro atoms. The second kappa shape index (κ2) is 8.02. The molecule has 3 N–H and O–H groups in total. The lowest BCUT2D eigenvalue weighted by Crippen LogP contribution is -2.26. The molecule has 1 aliphatic carbocycles. The highest BCUT2D eigenvalue weighted by molar-refractivity contribution is 6.07. The van der Waals surface area contributed by atoms with Gasteiger partial charge in [-0.3, -0.25) is 14.6 Å². The van der Waals surface area contributed by atoms with Crippen LogP contribution in [0.4, 0.5) is 17.1 Å². The summed E-state index contributed by atoms with van der Waals surface area (Å²) < 4.78 is 0. The normalized spacial score (nSPS) is 14.9. The largest absolute Gasteiger partial charge is 0.356 e. The predicted molar refractivity (Wildman–Crippen MR) is 124 cm³/mol. The maximum Gasteiger partial charge on any atom is 0.226 e. The molecule has 2 aromatic heterocycles. The average molecular weight is 417 g/mol. The number of Topliss-reactive ketones (excluding diaryl/α,β-unsaturated/α-hetero) is 1. The minimum atomic E-state index is -0.104. The van der Waals surface area contributed by atoms with E-state index < -0.39 is 0 Å². The minimum absolute atomic E-state index is 0.0361. The highest BCUT2D eigenvalue weighted by Gasteiger charge is 2.35. The van der Waals surface area contributed by atoms with Crippen LogP contribution in [0.1, 0.15) is 50.2 Å². The SMILES string of the molecule is CC(C)C(=O)Nc1cccc(Nc2c(-c3ccncc3)[nH]c3c2C(=O)CC(C)(C)C3)c1. The van der Waals surface area contributed by atoms with E-state index >= 15 is 0 Å². The molecule has 0 atom stereocenters. The molecule has 6 nitrogen and oxygen atoms in total. The number of carbonyl (C=O) groups is 2. The molecule has 0 aliphatic heterocycles. The Bertz CT molecular complexity index is 1130. The lowest BCUT2D eigenvalue weighted by Gasteiger charge is -2.28. The maximum absolute atomic E-state index is 13.1. The van der Waals surface area contributed by atoms with Gasteiger partial charge in [-0.2, -0.15) is 0 Å². The van der Waals surface area contributed by atoms with E-state index in [1.54, 1.807) is 12.4 Å². The van der Waals surface area contributed by atoms with Crippen molar-refractivity contribution in [3.63, 3.8) is 0 Å². The van der Waals surface area contributed by atoms with Crippen molar-refractivity contribution in [3.8, 4) is 11.3 Å². The van der Waals surface area contributed by atoms with Gasteiger partial charge in [0.2, 0.25) is 5.91 Å². The fraction of sp³-hybridized carbons (Fsp3) is 0.320. The van der Waals surface area contributed by atoms with Crippen molar-refractivity contribution < 1.29 is 9.59 Å². The van der Waals surface area contributed by atoms with Crippen molar-refractivity contribution >= 4 is 28.8 Å². The van der Waals surface area contributed by atoms with Gasteiger partial charge in [0.05, 0.1) is 16.9 Å². The van der Waals surface area contributed by atoms with E-state index in [0.717, 1.165) is 40.3 Å². The van der Waals surface area contributed by atoms with Crippen LogP contribution in [0.3, 0.4) is 0 Å². The number of aromatic amines is 1. The Balaban J connectivity index is 1.76. The Morgan fingerprint density at radius 2 is 1.81 bits per heavy atom. The lowest BCUT2D eigenvalue weighted by atomic mass is 9.76. The lowest BCUT2D eigenvalue weighted by molar-refractivity contribution is -0.118. The van der Waals surface area contributed by atoms with Crippen LogP contribution in [-0.4, -0.2) is 21.7 Å². The quantitative estimate of drug-likeness (QED) is 0.507. The molecule has 1 amide bonds. The fourth-order valence-corrected chi connectivity index (χ4v) is 4.02. The van der Waals surface area contributed by atoms with Gasteiger partial charge in [-0.15, -0.1) is 0 Å². The average Bonchev–Trinajstić information content (AvgIpc) is 3.06. The zero-order valence-corrected chi connectivity index (χ0v) is 18.4. The number of pyridine rings is 1. The Kier molecular flexibility index (Phi) is 5.39. The molecule has 4 rings (SSSR count). The van der Waals surface area contributed by atoms with Gasteiger partial charge in [0.1, 0.15) is 0 Å². The number of anilines is 3. The standard InChI is InChI=1S/C25H28N4O2/c1-15(2)24(31)28-18-7-5-6-17(12-18)27-23-21-19(13-25(3,4)14-20(21)30)29-22(23)16-8-10-26-11-9-16/h5-12,15,27,29H,13-14H2,1-4H3,(H,28,31). The molecule has 1 aliphatic rings. The van der Waals surface area contributed by atoms with Gasteiger partial charge in [0, 0.05) is 47.4 Å². The molecule has 0 saturated carbocycles. The summed E-state index contributed by atoms with van der Waals surface area (Å²) in [5.41, 5.74) is 5.72. The Hall–Kier alpha value is -3.41. The first-order chi connectivity index (χ1) is 14.7. The van der Waals surface area contributed by atoms with Gasteiger partial charge in [-0.25, -0.2) is 0 Å². The molecule has 0 radical (unpaired) electrons. The van der Waals surface area contributed by atoms with E-state index in [-0.39, 0.29) is 23.0 Å². The molecule has 3 aromatic rings. The fourth-order valence-electron chi connectivity index (χ4n) is 4.02. The van der Waals surface area contributed by atoms with E-state index in [9.17, 15) is 9.59 Å². The van der Waals surface area contributed by atoms with Crippen LogP contribution in [0.5, 0.6) is 0 Å². The van der Waals surface area contributed by atoms with Crippen molar-refractivity contribution in [1.82, 2.24) is 9.97 Å². The number of aromatic nitrogens is 2. The van der Waals surface area contributed by atoms with Crippen LogP contribution in [0.15, 0.2) is 48.8 Å². The van der Waals surface area contributed by atoms with Gasteiger partial charge in [0.15, 0.2) is 5.78 Å². The third-order valence-electron chi connectivity index (χ3n) is 5.54. The number of nitrogens with zero attached hydrogens (tertiary/aromatic N) is 1. The van der Waals surface area contributed by atoms with Gasteiger partial charge in [-0.1, -0.05) is 33.8 Å². The molecule has 160 valence electrons. The van der Waals surface area contributed by atoms with Crippen LogP contribution in [0.25, 0.3) is 11.3 Å². The summed E-state index contributed by atoms with van der Waals surface area (Å²) in [6.45, 7) is 7.96. The van der Waals surface area contributed by atoms with Crippen molar-refractivity contribution in [2.75, 3.05) is 10.6 Å². The number of hydrogen-bond acceptors (Lipinski definition) is 4.